The van der Waals surface area contributed by atoms with Gasteiger partial charge in [0.2, 0.25) is 5.91 Å². The Bertz CT molecular complexity index is 917. The van der Waals surface area contributed by atoms with E-state index in [1.165, 1.54) is 0 Å². The lowest BCUT2D eigenvalue weighted by Gasteiger charge is -2.48. The Labute approximate surface area is 212 Å². The minimum atomic E-state index is -2.54. The van der Waals surface area contributed by atoms with Crippen LogP contribution in [0.2, 0.25) is 0 Å². The third-order valence-corrected chi connectivity index (χ3v) is 4.80. The first-order chi connectivity index (χ1) is 17.1. The molecule has 1 aliphatic heterocycles. The fraction of sp³-hybridized carbons (Fsp3) is 0.682. The Morgan fingerprint density at radius 3 is 1.89 bits per heavy atom. The third-order valence-electron chi connectivity index (χ3n) is 4.80. The highest BCUT2D eigenvalue weighted by atomic mass is 16.8. The molecular formula is C22H31NO14. The van der Waals surface area contributed by atoms with Crippen molar-refractivity contribution < 1.29 is 66.7 Å². The first kappa shape index (κ1) is 31.3. The molecule has 37 heavy (non-hydrogen) atoms. The fourth-order valence-electron chi connectivity index (χ4n) is 3.74. The van der Waals surface area contributed by atoms with Gasteiger partial charge in [0.15, 0.2) is 12.2 Å². The average molecular weight is 533 g/mol. The lowest BCUT2D eigenvalue weighted by atomic mass is 9.88. The molecule has 1 amide bonds. The van der Waals surface area contributed by atoms with E-state index in [0.717, 1.165) is 48.7 Å². The van der Waals surface area contributed by atoms with Crippen molar-refractivity contribution in [2.75, 3.05) is 13.7 Å². The summed E-state index contributed by atoms with van der Waals surface area (Å²) >= 11 is 0. The van der Waals surface area contributed by atoms with Gasteiger partial charge in [-0.15, -0.1) is 0 Å². The summed E-state index contributed by atoms with van der Waals surface area (Å²) in [4.78, 5) is 84.1. The molecular weight excluding hydrogens is 502 g/mol. The predicted octanol–water partition coefficient (Wildman–Crippen LogP) is -0.929. The van der Waals surface area contributed by atoms with E-state index in [4.69, 9.17) is 33.2 Å². The summed E-state index contributed by atoms with van der Waals surface area (Å²) in [7, 11) is 0.971. The van der Waals surface area contributed by atoms with Gasteiger partial charge < -0.3 is 38.5 Å². The first-order valence-electron chi connectivity index (χ1n) is 11.0. The van der Waals surface area contributed by atoms with Crippen molar-refractivity contribution >= 4 is 41.7 Å². The molecule has 1 rings (SSSR count). The Kier molecular flexibility index (Phi) is 11.4. The van der Waals surface area contributed by atoms with Gasteiger partial charge in [-0.2, -0.15) is 0 Å². The molecule has 15 heteroatoms. The van der Waals surface area contributed by atoms with Crippen molar-refractivity contribution in [1.29, 1.82) is 0 Å². The van der Waals surface area contributed by atoms with Crippen molar-refractivity contribution in [2.24, 2.45) is 0 Å². The van der Waals surface area contributed by atoms with Gasteiger partial charge in [0.1, 0.15) is 18.8 Å². The number of amides is 1. The van der Waals surface area contributed by atoms with Crippen LogP contribution in [0.5, 0.6) is 0 Å². The zero-order valence-corrected chi connectivity index (χ0v) is 21.5. The molecule has 1 heterocycles. The molecule has 1 unspecified atom stereocenters. The van der Waals surface area contributed by atoms with E-state index in [0.29, 0.717) is 0 Å². The van der Waals surface area contributed by atoms with Gasteiger partial charge in [-0.1, -0.05) is 0 Å². The maximum atomic E-state index is 12.8. The predicted molar refractivity (Wildman–Crippen MR) is 117 cm³/mol. The molecule has 0 bridgehead atoms. The number of methoxy groups -OCH3 is 1. The minimum Gasteiger partial charge on any atom is -0.464 e. The molecule has 0 saturated carbocycles. The lowest BCUT2D eigenvalue weighted by molar-refractivity contribution is -0.304. The van der Waals surface area contributed by atoms with Crippen molar-refractivity contribution in [3.8, 4) is 0 Å². The maximum Gasteiger partial charge on any atom is 0.379 e. The van der Waals surface area contributed by atoms with E-state index in [2.05, 4.69) is 5.32 Å². The molecule has 1 fully saturated rings. The van der Waals surface area contributed by atoms with Crippen LogP contribution in [0.25, 0.3) is 0 Å². The Hall–Kier alpha value is -3.75. The van der Waals surface area contributed by atoms with Crippen molar-refractivity contribution in [2.45, 2.75) is 84.2 Å². The van der Waals surface area contributed by atoms with Crippen LogP contribution in [0.3, 0.4) is 0 Å². The summed E-state index contributed by atoms with van der Waals surface area (Å²) in [6.07, 6.45) is -6.98. The molecule has 0 aromatic heterocycles. The van der Waals surface area contributed by atoms with Crippen LogP contribution in [-0.2, 0) is 66.7 Å². The molecule has 0 aliphatic carbocycles. The van der Waals surface area contributed by atoms with Crippen LogP contribution in [0.1, 0.15) is 48.0 Å². The van der Waals surface area contributed by atoms with Gasteiger partial charge in [-0.05, 0) is 0 Å². The molecule has 15 nitrogen and oxygen atoms in total. The highest BCUT2D eigenvalue weighted by molar-refractivity contribution is 5.82. The van der Waals surface area contributed by atoms with Crippen molar-refractivity contribution in [1.82, 2.24) is 5.32 Å². The van der Waals surface area contributed by atoms with E-state index in [9.17, 15) is 33.6 Å². The molecule has 0 radical (unpaired) electrons. The Morgan fingerprint density at radius 1 is 0.865 bits per heavy atom. The lowest BCUT2D eigenvalue weighted by Crippen LogP contribution is -2.69. The molecule has 1 saturated heterocycles. The highest BCUT2D eigenvalue weighted by Gasteiger charge is 2.60. The Balaban J connectivity index is 3.83. The molecule has 0 aromatic rings. The number of nitrogens with one attached hydrogen (secondary N) is 1. The summed E-state index contributed by atoms with van der Waals surface area (Å²) < 4.78 is 36.6. The zero-order chi connectivity index (χ0) is 28.5. The quantitative estimate of drug-likeness (QED) is 0.267. The van der Waals surface area contributed by atoms with E-state index in [1.54, 1.807) is 0 Å². The van der Waals surface area contributed by atoms with E-state index >= 15 is 0 Å². The summed E-state index contributed by atoms with van der Waals surface area (Å²) in [5.41, 5.74) is 0. The van der Waals surface area contributed by atoms with Gasteiger partial charge in [-0.25, -0.2) is 4.79 Å². The van der Waals surface area contributed by atoms with Crippen molar-refractivity contribution in [3.05, 3.63) is 0 Å². The summed E-state index contributed by atoms with van der Waals surface area (Å²) in [5, 5.41) is 2.49. The van der Waals surface area contributed by atoms with Crippen LogP contribution in [0, 0.1) is 0 Å². The SMILES string of the molecule is COC(=O)C1(OC(C)=O)C[C@H](OC(C)=O)[C@@H](NC(C)=O)[C@H]([C@H](OC(C)=O)[C@H](COC(C)=O)OC(C)=O)O1. The van der Waals surface area contributed by atoms with Crippen LogP contribution < -0.4 is 5.32 Å². The van der Waals surface area contributed by atoms with E-state index in [-0.39, 0.29) is 0 Å². The van der Waals surface area contributed by atoms with Crippen LogP contribution >= 0.6 is 0 Å². The number of hydrogen-bond donors (Lipinski definition) is 1. The topological polar surface area (TPSA) is 196 Å². The summed E-state index contributed by atoms with van der Waals surface area (Å²) in [6.45, 7) is 5.60. The molecule has 1 N–H and O–H groups in total. The number of carbonyl (C=O) groups excluding carboxylic acids is 7. The maximum absolute atomic E-state index is 12.8. The second kappa shape index (κ2) is 13.5. The normalized spacial score (nSPS) is 24.4. The van der Waals surface area contributed by atoms with E-state index < -0.39 is 91.0 Å². The fourth-order valence-corrected chi connectivity index (χ4v) is 3.74. The smallest absolute Gasteiger partial charge is 0.379 e. The van der Waals surface area contributed by atoms with Crippen LogP contribution in [0.15, 0.2) is 0 Å². The summed E-state index contributed by atoms with van der Waals surface area (Å²) in [6, 6.07) is -1.35. The number of ether oxygens (including phenoxy) is 7. The molecule has 6 atom stereocenters. The van der Waals surface area contributed by atoms with Gasteiger partial charge >= 0.3 is 41.6 Å². The van der Waals surface area contributed by atoms with Crippen LogP contribution in [0.4, 0.5) is 0 Å². The third kappa shape index (κ3) is 9.33. The highest BCUT2D eigenvalue weighted by Crippen LogP contribution is 2.37. The van der Waals surface area contributed by atoms with Gasteiger partial charge in [0.05, 0.1) is 19.6 Å². The van der Waals surface area contributed by atoms with Gasteiger partial charge in [0, 0.05) is 41.5 Å². The Morgan fingerprint density at radius 2 is 1.46 bits per heavy atom. The summed E-state index contributed by atoms with van der Waals surface area (Å²) in [5.74, 6) is -8.84. The molecule has 0 spiro atoms. The number of rotatable bonds is 10. The number of esters is 6. The van der Waals surface area contributed by atoms with Crippen LogP contribution in [-0.4, -0.2) is 91.7 Å². The average Bonchev–Trinajstić information content (AvgIpc) is 2.74. The monoisotopic (exact) mass is 533 g/mol. The minimum absolute atomic E-state index is 0.630. The second-order valence-corrected chi connectivity index (χ2v) is 8.02. The van der Waals surface area contributed by atoms with Gasteiger partial charge in [0.25, 0.3) is 0 Å². The molecule has 0 aromatic carbocycles. The number of carbonyl (C=O) groups is 7. The van der Waals surface area contributed by atoms with Crippen molar-refractivity contribution in [3.63, 3.8) is 0 Å². The number of hydrogen-bond acceptors (Lipinski definition) is 14. The zero-order valence-electron chi connectivity index (χ0n) is 21.5. The first-order valence-corrected chi connectivity index (χ1v) is 11.0. The largest absolute Gasteiger partial charge is 0.464 e. The van der Waals surface area contributed by atoms with E-state index in [1.807, 2.05) is 0 Å². The standard InChI is InChI=1S/C22H31NO14/c1-10(24)23-18-16(33-12(3)26)8-22(21(30)31-7,36-15(6)29)37-20(18)19(35-14(5)28)17(34-13(4)27)9-32-11(2)25/h16-20H,8-9H2,1-7H3,(H,23,24)/t16-,17-,18+,19+,20+,22?/m0/s1. The molecule has 208 valence electrons. The second-order valence-electron chi connectivity index (χ2n) is 8.02. The van der Waals surface area contributed by atoms with Gasteiger partial charge in [-0.3, -0.25) is 28.8 Å². The molecule has 1 aliphatic rings.